The molecule has 1 aromatic carbocycles. The Labute approximate surface area is 207 Å². The number of urea groups is 1. The minimum atomic E-state index is -3.06. The van der Waals surface area contributed by atoms with Crippen LogP contribution in [0.15, 0.2) is 24.3 Å². The zero-order chi connectivity index (χ0) is 24.6. The van der Waals surface area contributed by atoms with Crippen molar-refractivity contribution < 1.29 is 23.0 Å². The van der Waals surface area contributed by atoms with Crippen LogP contribution < -0.4 is 5.32 Å². The highest BCUT2D eigenvalue weighted by molar-refractivity contribution is 6.28. The molecule has 11 heteroatoms. The van der Waals surface area contributed by atoms with E-state index in [1.165, 1.54) is 12.1 Å². The van der Waals surface area contributed by atoms with Gasteiger partial charge in [-0.1, -0.05) is 18.2 Å². The Morgan fingerprint density at radius 3 is 2.74 bits per heavy atom. The van der Waals surface area contributed by atoms with E-state index in [0.29, 0.717) is 75.9 Å². The molecule has 8 nitrogen and oxygen atoms in total. The van der Waals surface area contributed by atoms with Crippen LogP contribution in [0.2, 0.25) is 5.28 Å². The van der Waals surface area contributed by atoms with Crippen LogP contribution in [0.1, 0.15) is 48.2 Å². The fourth-order valence-electron chi connectivity index (χ4n) is 4.79. The van der Waals surface area contributed by atoms with E-state index in [1.807, 2.05) is 6.92 Å². The first-order valence-electron chi connectivity index (χ1n) is 11.9. The molecule has 2 fully saturated rings. The molecule has 1 unspecified atom stereocenters. The molecule has 2 aromatic rings. The van der Waals surface area contributed by atoms with Gasteiger partial charge in [0.25, 0.3) is 5.92 Å². The van der Waals surface area contributed by atoms with E-state index < -0.39 is 12.0 Å². The van der Waals surface area contributed by atoms with Crippen molar-refractivity contribution in [1.82, 2.24) is 19.8 Å². The summed E-state index contributed by atoms with van der Waals surface area (Å²) in [6, 6.07) is 5.96. The molecule has 1 aromatic heterocycles. The van der Waals surface area contributed by atoms with Crippen molar-refractivity contribution in [2.24, 2.45) is 0 Å². The number of carbonyl (C=O) groups is 1. The van der Waals surface area contributed by atoms with E-state index in [2.05, 4.69) is 15.3 Å². The number of aromatic nitrogens is 2. The van der Waals surface area contributed by atoms with E-state index >= 15 is 8.78 Å². The van der Waals surface area contributed by atoms with Crippen molar-refractivity contribution in [2.75, 3.05) is 38.2 Å². The number of fused-ring (bicyclic) bond motifs is 1. The second-order valence-electron chi connectivity index (χ2n) is 9.12. The summed E-state index contributed by atoms with van der Waals surface area (Å²) in [4.78, 5) is 25.1. The molecule has 0 radical (unpaired) electrons. The Morgan fingerprint density at radius 2 is 2.00 bits per heavy atom. The summed E-state index contributed by atoms with van der Waals surface area (Å²) >= 11 is 6.19. The van der Waals surface area contributed by atoms with Gasteiger partial charge < -0.3 is 24.6 Å². The molecule has 0 spiro atoms. The fourth-order valence-corrected chi connectivity index (χ4v) is 4.97. The predicted octanol–water partition coefficient (Wildman–Crippen LogP) is 4.34. The maximum Gasteiger partial charge on any atom is 0.320 e. The maximum absolute atomic E-state index is 15.0. The van der Waals surface area contributed by atoms with Gasteiger partial charge in [-0.25, -0.2) is 14.8 Å². The molecular formula is C24H28ClF2N5O3. The summed E-state index contributed by atoms with van der Waals surface area (Å²) in [5.41, 5.74) is 2.08. The highest BCUT2D eigenvalue weighted by Crippen LogP contribution is 2.39. The summed E-state index contributed by atoms with van der Waals surface area (Å²) in [6.07, 6.45) is -0.112. The number of hydrogen-bond acceptors (Lipinski definition) is 6. The normalized spacial score (nSPS) is 21.2. The van der Waals surface area contributed by atoms with E-state index in [0.717, 1.165) is 5.56 Å². The van der Waals surface area contributed by atoms with E-state index in [-0.39, 0.29) is 22.9 Å². The number of ether oxygens (including phenoxy) is 2. The molecule has 2 amide bonds. The number of alkyl halides is 2. The van der Waals surface area contributed by atoms with Crippen molar-refractivity contribution in [3.63, 3.8) is 0 Å². The molecule has 0 bridgehead atoms. The van der Waals surface area contributed by atoms with Gasteiger partial charge in [0.05, 0.1) is 32.0 Å². The number of carbonyl (C=O) groups excluding carboxylic acids is 1. The first-order chi connectivity index (χ1) is 16.8. The largest absolute Gasteiger partial charge is 0.378 e. The molecule has 0 saturated carbocycles. The van der Waals surface area contributed by atoms with Gasteiger partial charge in [0.1, 0.15) is 11.9 Å². The number of morpholine rings is 1. The first kappa shape index (κ1) is 24.1. The summed E-state index contributed by atoms with van der Waals surface area (Å²) in [6.45, 7) is 5.05. The molecule has 3 aliphatic heterocycles. The van der Waals surface area contributed by atoms with Crippen LogP contribution in [0.5, 0.6) is 0 Å². The van der Waals surface area contributed by atoms with Gasteiger partial charge in [-0.15, -0.1) is 0 Å². The molecule has 1 N–H and O–H groups in total. The number of hydrogen-bond donors (Lipinski definition) is 1. The topological polar surface area (TPSA) is 79.8 Å². The van der Waals surface area contributed by atoms with Crippen LogP contribution in [0, 0.1) is 0 Å². The highest BCUT2D eigenvalue weighted by Gasteiger charge is 2.44. The predicted molar refractivity (Wildman–Crippen MR) is 125 cm³/mol. The number of benzene rings is 1. The van der Waals surface area contributed by atoms with Gasteiger partial charge in [-0.05, 0) is 43.0 Å². The molecule has 5 rings (SSSR count). The Hall–Kier alpha value is -2.56. The highest BCUT2D eigenvalue weighted by atomic mass is 35.5. The van der Waals surface area contributed by atoms with Gasteiger partial charge in [-0.2, -0.15) is 8.78 Å². The Balaban J connectivity index is 1.33. The SMILES string of the molecule is C[C@@H](Nc1nc(Cl)nc2c1CN(C(=O)N1CCOCC1)C2)c1cccc(C(F)(F)C2CCCO2)c1. The zero-order valence-corrected chi connectivity index (χ0v) is 20.2. The third-order valence-electron chi connectivity index (χ3n) is 6.77. The van der Waals surface area contributed by atoms with Crippen LogP contribution in [0.25, 0.3) is 0 Å². The third-order valence-corrected chi connectivity index (χ3v) is 6.94. The van der Waals surface area contributed by atoms with Crippen LogP contribution in [-0.2, 0) is 28.5 Å². The number of nitrogens with zero attached hydrogens (tertiary/aromatic N) is 4. The third kappa shape index (κ3) is 4.92. The molecular weight excluding hydrogens is 480 g/mol. The molecule has 188 valence electrons. The van der Waals surface area contributed by atoms with Gasteiger partial charge in [-0.3, -0.25) is 0 Å². The molecule has 4 heterocycles. The van der Waals surface area contributed by atoms with E-state index in [4.69, 9.17) is 21.1 Å². The van der Waals surface area contributed by atoms with Gasteiger partial charge in [0, 0.05) is 36.9 Å². The average Bonchev–Trinajstić information content (AvgIpc) is 3.55. The Bertz CT molecular complexity index is 1090. The number of nitrogens with one attached hydrogen (secondary N) is 1. The lowest BCUT2D eigenvalue weighted by atomic mass is 9.97. The Morgan fingerprint density at radius 1 is 1.20 bits per heavy atom. The lowest BCUT2D eigenvalue weighted by Gasteiger charge is -2.30. The second kappa shape index (κ2) is 9.83. The summed E-state index contributed by atoms with van der Waals surface area (Å²) in [5, 5.41) is 3.37. The van der Waals surface area contributed by atoms with Crippen molar-refractivity contribution in [2.45, 2.75) is 50.9 Å². The molecule has 35 heavy (non-hydrogen) atoms. The first-order valence-corrected chi connectivity index (χ1v) is 12.2. The van der Waals surface area contributed by atoms with Crippen molar-refractivity contribution in [3.8, 4) is 0 Å². The standard InChI is InChI=1S/C24H28ClF2N5O3/c1-15(16-4-2-5-17(12-16)24(26,27)20-6-3-9-35-20)28-21-18-13-32(14-19(18)29-22(25)30-21)23(33)31-7-10-34-11-8-31/h2,4-5,12,15,20H,3,6-11,13-14H2,1H3,(H,28,29,30)/t15-,20?/m1/s1. The smallest absolute Gasteiger partial charge is 0.320 e. The lowest BCUT2D eigenvalue weighted by molar-refractivity contribution is -0.122. The van der Waals surface area contributed by atoms with Gasteiger partial charge in [0.15, 0.2) is 0 Å². The minimum absolute atomic E-state index is 0.0659. The van der Waals surface area contributed by atoms with Gasteiger partial charge in [0.2, 0.25) is 5.28 Å². The lowest BCUT2D eigenvalue weighted by Crippen LogP contribution is -2.46. The van der Waals surface area contributed by atoms with Crippen LogP contribution in [0.4, 0.5) is 19.4 Å². The summed E-state index contributed by atoms with van der Waals surface area (Å²) < 4.78 is 40.6. The molecule has 2 atom stereocenters. The van der Waals surface area contributed by atoms with Crippen molar-refractivity contribution in [1.29, 1.82) is 0 Å². The quantitative estimate of drug-likeness (QED) is 0.606. The summed E-state index contributed by atoms with van der Waals surface area (Å²) in [7, 11) is 0. The second-order valence-corrected chi connectivity index (χ2v) is 9.46. The van der Waals surface area contributed by atoms with Crippen LogP contribution in [0.3, 0.4) is 0 Å². The number of rotatable bonds is 5. The Kier molecular flexibility index (Phi) is 6.78. The zero-order valence-electron chi connectivity index (χ0n) is 19.5. The molecule has 2 saturated heterocycles. The minimum Gasteiger partial charge on any atom is -0.378 e. The van der Waals surface area contributed by atoms with Crippen LogP contribution in [-0.4, -0.2) is 64.8 Å². The summed E-state index contributed by atoms with van der Waals surface area (Å²) in [5.74, 6) is -2.56. The molecule has 0 aliphatic carbocycles. The fraction of sp³-hybridized carbons (Fsp3) is 0.542. The molecule has 3 aliphatic rings. The van der Waals surface area contributed by atoms with Gasteiger partial charge >= 0.3 is 6.03 Å². The van der Waals surface area contributed by atoms with E-state index in [1.54, 1.807) is 21.9 Å². The van der Waals surface area contributed by atoms with Crippen molar-refractivity contribution in [3.05, 3.63) is 51.9 Å². The monoisotopic (exact) mass is 507 g/mol. The van der Waals surface area contributed by atoms with Crippen LogP contribution >= 0.6 is 11.6 Å². The average molecular weight is 508 g/mol. The number of amides is 2. The number of halogens is 3. The maximum atomic E-state index is 15.0. The number of anilines is 1. The van der Waals surface area contributed by atoms with Crippen molar-refractivity contribution >= 4 is 23.4 Å². The van der Waals surface area contributed by atoms with E-state index in [9.17, 15) is 4.79 Å².